The first kappa shape index (κ1) is 19.5. The van der Waals surface area contributed by atoms with Crippen LogP contribution in [0, 0.1) is 0 Å². The summed E-state index contributed by atoms with van der Waals surface area (Å²) in [4.78, 5) is 4.68. The van der Waals surface area contributed by atoms with Crippen LogP contribution in [0.5, 0.6) is 5.75 Å². The number of hydrogen-bond acceptors (Lipinski definition) is 8. The van der Waals surface area contributed by atoms with Crippen LogP contribution in [0.2, 0.25) is 0 Å². The fraction of sp³-hybridized carbons (Fsp3) is 0.500. The molecule has 0 amide bonds. The zero-order valence-corrected chi connectivity index (χ0v) is 17.6. The van der Waals surface area contributed by atoms with Gasteiger partial charge in [-0.05, 0) is 23.8 Å². The highest BCUT2D eigenvalue weighted by Crippen LogP contribution is 2.29. The summed E-state index contributed by atoms with van der Waals surface area (Å²) in [5.41, 5.74) is 1.94. The first-order valence-electron chi connectivity index (χ1n) is 10.3. The number of piperazine rings is 1. The lowest BCUT2D eigenvalue weighted by Gasteiger charge is -2.35. The van der Waals surface area contributed by atoms with Crippen LogP contribution in [0.15, 0.2) is 35.4 Å². The Morgan fingerprint density at radius 3 is 2.50 bits per heavy atom. The summed E-state index contributed by atoms with van der Waals surface area (Å²) in [5.74, 6) is 1.63. The number of sulfonamides is 1. The van der Waals surface area contributed by atoms with Gasteiger partial charge in [0.05, 0.1) is 36.6 Å². The molecule has 0 spiro atoms. The fourth-order valence-electron chi connectivity index (χ4n) is 4.12. The Morgan fingerprint density at radius 1 is 0.900 bits per heavy atom. The van der Waals surface area contributed by atoms with E-state index in [0.717, 1.165) is 42.3 Å². The quantitative estimate of drug-likeness (QED) is 0.701. The van der Waals surface area contributed by atoms with Crippen molar-refractivity contribution in [3.63, 3.8) is 0 Å². The lowest BCUT2D eigenvalue weighted by atomic mass is 10.2. The van der Waals surface area contributed by atoms with Gasteiger partial charge in [0.15, 0.2) is 5.82 Å². The Hall–Kier alpha value is -2.43. The number of rotatable bonds is 4. The van der Waals surface area contributed by atoms with Crippen molar-refractivity contribution in [1.82, 2.24) is 14.5 Å². The highest BCUT2D eigenvalue weighted by Gasteiger charge is 2.30. The van der Waals surface area contributed by atoms with Gasteiger partial charge in [-0.25, -0.2) is 8.42 Å². The van der Waals surface area contributed by atoms with Gasteiger partial charge in [-0.15, -0.1) is 5.10 Å². The van der Waals surface area contributed by atoms with E-state index in [1.54, 1.807) is 28.7 Å². The first-order chi connectivity index (χ1) is 14.6. The maximum atomic E-state index is 13.1. The van der Waals surface area contributed by atoms with E-state index in [1.807, 2.05) is 6.07 Å². The lowest BCUT2D eigenvalue weighted by Crippen LogP contribution is -2.48. The van der Waals surface area contributed by atoms with E-state index in [0.29, 0.717) is 50.9 Å². The van der Waals surface area contributed by atoms with E-state index in [-0.39, 0.29) is 0 Å². The third kappa shape index (κ3) is 3.70. The minimum absolute atomic E-state index is 0.348. The Balaban J connectivity index is 1.27. The minimum atomic E-state index is -3.51. The standard InChI is InChI=1S/C20H25N5O4S/c26-30(27,18-1-2-19-16(13-18)3-10-29-19)25-6-4-23(5-7-25)17-14-20(22-21-15-17)24-8-11-28-12-9-24/h1-2,13-15H,3-12H2. The molecule has 0 N–H and O–H groups in total. The van der Waals surface area contributed by atoms with Crippen molar-refractivity contribution >= 4 is 21.5 Å². The summed E-state index contributed by atoms with van der Waals surface area (Å²) in [7, 11) is -3.51. The Kier molecular flexibility index (Phi) is 5.21. The predicted molar refractivity (Wildman–Crippen MR) is 112 cm³/mol. The van der Waals surface area contributed by atoms with Gasteiger partial charge in [-0.2, -0.15) is 9.40 Å². The highest BCUT2D eigenvalue weighted by atomic mass is 32.2. The maximum Gasteiger partial charge on any atom is 0.243 e. The summed E-state index contributed by atoms with van der Waals surface area (Å²) in [6.45, 7) is 5.70. The lowest BCUT2D eigenvalue weighted by molar-refractivity contribution is 0.122. The summed E-state index contributed by atoms with van der Waals surface area (Å²) in [6.07, 6.45) is 2.50. The molecule has 4 heterocycles. The van der Waals surface area contributed by atoms with Crippen LogP contribution in [0.4, 0.5) is 11.5 Å². The fourth-order valence-corrected chi connectivity index (χ4v) is 5.60. The van der Waals surface area contributed by atoms with Gasteiger partial charge in [-0.3, -0.25) is 0 Å². The molecule has 5 rings (SSSR count). The van der Waals surface area contributed by atoms with E-state index >= 15 is 0 Å². The summed E-state index contributed by atoms with van der Waals surface area (Å²) < 4.78 is 38.7. The molecule has 2 saturated heterocycles. The number of fused-ring (bicyclic) bond motifs is 1. The molecule has 0 unspecified atom stereocenters. The number of benzene rings is 1. The molecular weight excluding hydrogens is 406 g/mol. The normalized spacial score (nSPS) is 20.1. The number of aromatic nitrogens is 2. The topological polar surface area (TPSA) is 88.1 Å². The minimum Gasteiger partial charge on any atom is -0.493 e. The van der Waals surface area contributed by atoms with Gasteiger partial charge in [0.1, 0.15) is 5.75 Å². The van der Waals surface area contributed by atoms with Gasteiger partial charge in [0, 0.05) is 51.8 Å². The molecule has 2 aromatic rings. The number of anilines is 2. The average molecular weight is 432 g/mol. The Labute approximate surface area is 176 Å². The molecule has 160 valence electrons. The molecule has 9 nitrogen and oxygen atoms in total. The molecule has 30 heavy (non-hydrogen) atoms. The SMILES string of the molecule is O=S(=O)(c1ccc2c(c1)CCO2)N1CCN(c2cnnc(N3CCOCC3)c2)CC1. The van der Waals surface area contributed by atoms with Crippen LogP contribution in [0.3, 0.4) is 0 Å². The maximum absolute atomic E-state index is 13.1. The first-order valence-corrected chi connectivity index (χ1v) is 11.7. The van der Waals surface area contributed by atoms with Gasteiger partial charge in [-0.1, -0.05) is 0 Å². The molecule has 0 radical (unpaired) electrons. The van der Waals surface area contributed by atoms with E-state index in [9.17, 15) is 8.42 Å². The second kappa shape index (κ2) is 8.01. The number of morpholine rings is 1. The molecule has 3 aliphatic heterocycles. The third-order valence-corrected chi connectivity index (χ3v) is 7.76. The van der Waals surface area contributed by atoms with Crippen LogP contribution in [0.1, 0.15) is 5.56 Å². The van der Waals surface area contributed by atoms with Crippen molar-refractivity contribution in [2.75, 3.05) is 68.9 Å². The zero-order valence-electron chi connectivity index (χ0n) is 16.7. The molecule has 0 atom stereocenters. The van der Waals surface area contributed by atoms with Gasteiger partial charge in [0.2, 0.25) is 10.0 Å². The smallest absolute Gasteiger partial charge is 0.243 e. The number of hydrogen-bond donors (Lipinski definition) is 0. The van der Waals surface area contributed by atoms with Crippen LogP contribution in [0.25, 0.3) is 0 Å². The molecule has 10 heteroatoms. The summed E-state index contributed by atoms with van der Waals surface area (Å²) in [6, 6.07) is 7.20. The van der Waals surface area contributed by atoms with E-state index in [1.165, 1.54) is 0 Å². The summed E-state index contributed by atoms with van der Waals surface area (Å²) >= 11 is 0. The third-order valence-electron chi connectivity index (χ3n) is 5.86. The van der Waals surface area contributed by atoms with Crippen molar-refractivity contribution in [3.05, 3.63) is 36.0 Å². The molecule has 1 aromatic heterocycles. The predicted octanol–water partition coefficient (Wildman–Crippen LogP) is 0.759. The van der Waals surface area contributed by atoms with E-state index in [2.05, 4.69) is 20.0 Å². The van der Waals surface area contributed by atoms with Gasteiger partial charge < -0.3 is 19.3 Å². The van der Waals surface area contributed by atoms with E-state index in [4.69, 9.17) is 9.47 Å². The van der Waals surface area contributed by atoms with Gasteiger partial charge in [0.25, 0.3) is 0 Å². The van der Waals surface area contributed by atoms with Crippen molar-refractivity contribution in [2.45, 2.75) is 11.3 Å². The van der Waals surface area contributed by atoms with Crippen LogP contribution in [-0.2, 0) is 21.2 Å². The highest BCUT2D eigenvalue weighted by molar-refractivity contribution is 7.89. The van der Waals surface area contributed by atoms with Crippen molar-refractivity contribution in [1.29, 1.82) is 0 Å². The van der Waals surface area contributed by atoms with Crippen LogP contribution < -0.4 is 14.5 Å². The summed E-state index contributed by atoms with van der Waals surface area (Å²) in [5, 5.41) is 8.42. The average Bonchev–Trinajstić information content (AvgIpc) is 3.28. The molecule has 0 saturated carbocycles. The second-order valence-electron chi connectivity index (χ2n) is 7.63. The molecular formula is C20H25N5O4S. The molecule has 0 aliphatic carbocycles. The second-order valence-corrected chi connectivity index (χ2v) is 9.57. The Morgan fingerprint density at radius 2 is 1.70 bits per heavy atom. The molecule has 3 aliphatic rings. The zero-order chi connectivity index (χ0) is 20.6. The van der Waals surface area contributed by atoms with Crippen molar-refractivity contribution in [3.8, 4) is 5.75 Å². The number of nitrogens with zero attached hydrogens (tertiary/aromatic N) is 5. The van der Waals surface area contributed by atoms with Gasteiger partial charge >= 0.3 is 0 Å². The van der Waals surface area contributed by atoms with Crippen molar-refractivity contribution in [2.24, 2.45) is 0 Å². The Bertz CT molecular complexity index is 1020. The molecule has 1 aromatic carbocycles. The largest absolute Gasteiger partial charge is 0.493 e. The van der Waals surface area contributed by atoms with Crippen LogP contribution >= 0.6 is 0 Å². The molecule has 0 bridgehead atoms. The number of ether oxygens (including phenoxy) is 2. The monoisotopic (exact) mass is 431 g/mol. The van der Waals surface area contributed by atoms with Crippen molar-refractivity contribution < 1.29 is 17.9 Å². The van der Waals surface area contributed by atoms with E-state index < -0.39 is 10.0 Å². The molecule has 2 fully saturated rings. The van der Waals surface area contributed by atoms with Crippen LogP contribution in [-0.4, -0.2) is 82.0 Å².